The normalized spacial score (nSPS) is 11.5. The van der Waals surface area contributed by atoms with E-state index in [0.717, 1.165) is 5.39 Å². The Kier molecular flexibility index (Phi) is 5.13. The summed E-state index contributed by atoms with van der Waals surface area (Å²) < 4.78 is 20.9. The number of carbonyl (C=O) groups is 2. The number of methoxy groups -OCH3 is 1. The van der Waals surface area contributed by atoms with Crippen LogP contribution in [0.15, 0.2) is 33.2 Å². The van der Waals surface area contributed by atoms with Crippen molar-refractivity contribution in [3.05, 3.63) is 41.3 Å². The van der Waals surface area contributed by atoms with Crippen LogP contribution in [0.3, 0.4) is 0 Å². The lowest BCUT2D eigenvalue weighted by molar-refractivity contribution is -0.119. The molecule has 8 nitrogen and oxygen atoms in total. The maximum Gasteiger partial charge on any atom is 0.375 e. The third-order valence-electron chi connectivity index (χ3n) is 4.20. The summed E-state index contributed by atoms with van der Waals surface area (Å²) in [6.45, 7) is 7.19. The van der Waals surface area contributed by atoms with Crippen molar-refractivity contribution in [2.75, 3.05) is 19.0 Å². The maximum atomic E-state index is 12.3. The van der Waals surface area contributed by atoms with Gasteiger partial charge in [-0.05, 0) is 25.1 Å². The van der Waals surface area contributed by atoms with E-state index >= 15 is 0 Å². The van der Waals surface area contributed by atoms with Crippen LogP contribution in [-0.4, -0.2) is 30.7 Å². The number of amides is 1. The fourth-order valence-electron chi connectivity index (χ4n) is 2.58. The largest absolute Gasteiger partial charge is 0.497 e. The second kappa shape index (κ2) is 7.38. The molecule has 0 unspecified atom stereocenters. The summed E-state index contributed by atoms with van der Waals surface area (Å²) in [6.07, 6.45) is 0. The van der Waals surface area contributed by atoms with Gasteiger partial charge in [-0.2, -0.15) is 0 Å². The van der Waals surface area contributed by atoms with Crippen molar-refractivity contribution in [2.24, 2.45) is 0 Å². The molecule has 1 amide bonds. The lowest BCUT2D eigenvalue weighted by Gasteiger charge is -2.12. The van der Waals surface area contributed by atoms with Crippen LogP contribution in [0.25, 0.3) is 11.0 Å². The number of ether oxygens (including phenoxy) is 2. The van der Waals surface area contributed by atoms with Crippen molar-refractivity contribution < 1.29 is 28.0 Å². The molecule has 0 saturated carbocycles. The van der Waals surface area contributed by atoms with Gasteiger partial charge in [0, 0.05) is 22.4 Å². The Bertz CT molecular complexity index is 1030. The van der Waals surface area contributed by atoms with Crippen LogP contribution in [0.1, 0.15) is 42.6 Å². The lowest BCUT2D eigenvalue weighted by atomic mass is 9.92. The quantitative estimate of drug-likeness (QED) is 0.665. The van der Waals surface area contributed by atoms with E-state index in [0.29, 0.717) is 22.6 Å². The predicted molar refractivity (Wildman–Crippen MR) is 102 cm³/mol. The van der Waals surface area contributed by atoms with Crippen molar-refractivity contribution in [1.82, 2.24) is 5.16 Å². The third kappa shape index (κ3) is 4.00. The minimum Gasteiger partial charge on any atom is -0.497 e. The molecule has 0 saturated heterocycles. The first kappa shape index (κ1) is 19.5. The van der Waals surface area contributed by atoms with Crippen LogP contribution in [0.4, 0.5) is 5.88 Å². The van der Waals surface area contributed by atoms with Gasteiger partial charge in [0.2, 0.25) is 11.6 Å². The standard InChI is InChI=1S/C20H22N2O6/c1-11-13-8-12(25-5)6-7-14(13)27-18(11)19(24)26-10-16(23)21-17-9-15(22-28-17)20(2,3)4/h6-9H,10H2,1-5H3,(H,21,23). The summed E-state index contributed by atoms with van der Waals surface area (Å²) in [6, 6.07) is 6.85. The van der Waals surface area contributed by atoms with E-state index in [1.807, 2.05) is 20.8 Å². The predicted octanol–water partition coefficient (Wildman–Crippen LogP) is 3.83. The molecule has 0 spiro atoms. The van der Waals surface area contributed by atoms with Crippen LogP contribution in [0, 0.1) is 6.92 Å². The molecule has 3 rings (SSSR count). The zero-order chi connectivity index (χ0) is 20.5. The van der Waals surface area contributed by atoms with Gasteiger partial charge in [-0.1, -0.05) is 25.9 Å². The van der Waals surface area contributed by atoms with Gasteiger partial charge in [-0.15, -0.1) is 0 Å². The number of hydrogen-bond donors (Lipinski definition) is 1. The molecule has 0 bridgehead atoms. The maximum absolute atomic E-state index is 12.3. The van der Waals surface area contributed by atoms with Crippen molar-refractivity contribution in [1.29, 1.82) is 0 Å². The highest BCUT2D eigenvalue weighted by Gasteiger charge is 2.22. The van der Waals surface area contributed by atoms with E-state index in [1.165, 1.54) is 0 Å². The fourth-order valence-corrected chi connectivity index (χ4v) is 2.58. The highest BCUT2D eigenvalue weighted by molar-refractivity contribution is 5.98. The SMILES string of the molecule is COc1ccc2oc(C(=O)OCC(=O)Nc3cc(C(C)(C)C)no3)c(C)c2c1. The zero-order valence-electron chi connectivity index (χ0n) is 16.4. The first-order chi connectivity index (χ1) is 13.2. The Balaban J connectivity index is 1.64. The minimum atomic E-state index is -0.726. The number of rotatable bonds is 5. The molecule has 28 heavy (non-hydrogen) atoms. The van der Waals surface area contributed by atoms with Gasteiger partial charge in [-0.3, -0.25) is 10.1 Å². The molecule has 0 radical (unpaired) electrons. The van der Waals surface area contributed by atoms with Gasteiger partial charge in [0.1, 0.15) is 11.3 Å². The summed E-state index contributed by atoms with van der Waals surface area (Å²) in [5.74, 6) is -0.378. The molecule has 2 aromatic heterocycles. The number of carbonyl (C=O) groups excluding carboxylic acids is 2. The van der Waals surface area contributed by atoms with Crippen molar-refractivity contribution in [3.8, 4) is 5.75 Å². The molecule has 148 valence electrons. The van der Waals surface area contributed by atoms with Gasteiger partial charge < -0.3 is 18.4 Å². The lowest BCUT2D eigenvalue weighted by Crippen LogP contribution is -2.20. The summed E-state index contributed by atoms with van der Waals surface area (Å²) in [5, 5.41) is 7.16. The first-order valence-corrected chi connectivity index (χ1v) is 8.70. The van der Waals surface area contributed by atoms with Crippen molar-refractivity contribution >= 4 is 28.7 Å². The Morgan fingerprint density at radius 1 is 1.21 bits per heavy atom. The molecule has 0 aliphatic heterocycles. The third-order valence-corrected chi connectivity index (χ3v) is 4.20. The molecule has 0 aliphatic rings. The van der Waals surface area contributed by atoms with E-state index in [-0.39, 0.29) is 17.1 Å². The van der Waals surface area contributed by atoms with Crippen molar-refractivity contribution in [2.45, 2.75) is 33.1 Å². The summed E-state index contributed by atoms with van der Waals surface area (Å²) in [5.41, 5.74) is 1.64. The van der Waals surface area contributed by atoms with Crippen molar-refractivity contribution in [3.63, 3.8) is 0 Å². The molecule has 0 aliphatic carbocycles. The number of aromatic nitrogens is 1. The monoisotopic (exact) mass is 386 g/mol. The molecular formula is C20H22N2O6. The van der Waals surface area contributed by atoms with E-state index in [9.17, 15) is 9.59 Å². The Labute approximate surface area is 161 Å². The smallest absolute Gasteiger partial charge is 0.375 e. The summed E-state index contributed by atoms with van der Waals surface area (Å²) in [7, 11) is 1.56. The Morgan fingerprint density at radius 3 is 2.61 bits per heavy atom. The number of esters is 1. The van der Waals surface area contributed by atoms with Gasteiger partial charge in [0.05, 0.1) is 12.8 Å². The van der Waals surface area contributed by atoms with E-state index in [2.05, 4.69) is 10.5 Å². The van der Waals surface area contributed by atoms with E-state index < -0.39 is 18.5 Å². The molecule has 1 N–H and O–H groups in total. The Hall–Kier alpha value is -3.29. The molecule has 0 fully saturated rings. The summed E-state index contributed by atoms with van der Waals surface area (Å²) >= 11 is 0. The second-order valence-corrected chi connectivity index (χ2v) is 7.37. The minimum absolute atomic E-state index is 0.0470. The van der Waals surface area contributed by atoms with E-state index in [1.54, 1.807) is 38.3 Å². The molecular weight excluding hydrogens is 364 g/mol. The number of benzene rings is 1. The second-order valence-electron chi connectivity index (χ2n) is 7.37. The van der Waals surface area contributed by atoms with E-state index in [4.69, 9.17) is 18.4 Å². The topological polar surface area (TPSA) is 104 Å². The molecule has 1 aromatic carbocycles. The zero-order valence-corrected chi connectivity index (χ0v) is 16.4. The average molecular weight is 386 g/mol. The highest BCUT2D eigenvalue weighted by Crippen LogP contribution is 2.29. The van der Waals surface area contributed by atoms with Gasteiger partial charge >= 0.3 is 5.97 Å². The number of aryl methyl sites for hydroxylation is 1. The first-order valence-electron chi connectivity index (χ1n) is 8.70. The van der Waals surface area contributed by atoms with Crippen LogP contribution in [0.5, 0.6) is 5.75 Å². The molecule has 8 heteroatoms. The van der Waals surface area contributed by atoms with Gasteiger partial charge in [-0.25, -0.2) is 4.79 Å². The number of hydrogen-bond acceptors (Lipinski definition) is 7. The molecule has 0 atom stereocenters. The number of anilines is 1. The number of nitrogens with zero attached hydrogens (tertiary/aromatic N) is 1. The fraction of sp³-hybridized carbons (Fsp3) is 0.350. The van der Waals surface area contributed by atoms with Crippen LogP contribution < -0.4 is 10.1 Å². The number of nitrogens with one attached hydrogen (secondary N) is 1. The van der Waals surface area contributed by atoms with Crippen LogP contribution in [0.2, 0.25) is 0 Å². The summed E-state index contributed by atoms with van der Waals surface area (Å²) in [4.78, 5) is 24.3. The molecule has 3 aromatic rings. The Morgan fingerprint density at radius 2 is 1.96 bits per heavy atom. The number of furan rings is 1. The van der Waals surface area contributed by atoms with Gasteiger partial charge in [0.15, 0.2) is 6.61 Å². The van der Waals surface area contributed by atoms with Crippen LogP contribution in [-0.2, 0) is 14.9 Å². The molecule has 2 heterocycles. The highest BCUT2D eigenvalue weighted by atomic mass is 16.5. The van der Waals surface area contributed by atoms with Crippen LogP contribution >= 0.6 is 0 Å². The van der Waals surface area contributed by atoms with Gasteiger partial charge in [0.25, 0.3) is 5.91 Å². The average Bonchev–Trinajstić information content (AvgIpc) is 3.24. The number of fused-ring (bicyclic) bond motifs is 1.